The summed E-state index contributed by atoms with van der Waals surface area (Å²) >= 11 is 0. The number of nitrogens with one attached hydrogen (secondary N) is 1. The van der Waals surface area contributed by atoms with Crippen LogP contribution in [0.5, 0.6) is 11.5 Å². The molecule has 1 saturated carbocycles. The molecule has 1 aromatic rings. The molecule has 1 aromatic carbocycles. The van der Waals surface area contributed by atoms with Crippen molar-refractivity contribution in [2.75, 3.05) is 25.5 Å². The van der Waals surface area contributed by atoms with E-state index in [0.717, 1.165) is 12.8 Å². The number of hydrogen-bond acceptors (Lipinski definition) is 5. The lowest BCUT2D eigenvalue weighted by atomic mass is 10.3. The van der Waals surface area contributed by atoms with Crippen LogP contribution in [-0.4, -0.2) is 39.8 Å². The lowest BCUT2D eigenvalue weighted by Crippen LogP contribution is -2.27. The van der Waals surface area contributed by atoms with Gasteiger partial charge in [-0.25, -0.2) is 8.42 Å². The smallest absolute Gasteiger partial charge is 0.221 e. The van der Waals surface area contributed by atoms with E-state index in [1.54, 1.807) is 6.07 Å². The van der Waals surface area contributed by atoms with Gasteiger partial charge in [-0.05, 0) is 30.9 Å². The molecule has 1 heterocycles. The van der Waals surface area contributed by atoms with Crippen LogP contribution in [-0.2, 0) is 14.6 Å². The van der Waals surface area contributed by atoms with Crippen LogP contribution in [0.1, 0.15) is 19.3 Å². The number of benzene rings is 1. The highest BCUT2D eigenvalue weighted by molar-refractivity contribution is 7.91. The lowest BCUT2D eigenvalue weighted by Gasteiger charge is -2.18. The van der Waals surface area contributed by atoms with E-state index in [-0.39, 0.29) is 23.0 Å². The zero-order valence-corrected chi connectivity index (χ0v) is 13.0. The third kappa shape index (κ3) is 3.71. The Morgan fingerprint density at radius 3 is 2.64 bits per heavy atom. The van der Waals surface area contributed by atoms with Crippen LogP contribution < -0.4 is 14.8 Å². The molecule has 0 saturated heterocycles. The normalized spacial score (nSPS) is 17.1. The second kappa shape index (κ2) is 6.16. The summed E-state index contributed by atoms with van der Waals surface area (Å²) in [7, 11) is -3.51. The van der Waals surface area contributed by atoms with Crippen molar-refractivity contribution in [2.45, 2.75) is 24.2 Å². The standard InChI is InChI=1S/C15H19NO5S/c17-15(16-10-11-1-2-11)5-8-22(18,19)12-3-4-13-14(9-12)21-7-6-20-13/h3-4,9,11H,1-2,5-8,10H2,(H,16,17). The van der Waals surface area contributed by atoms with Gasteiger partial charge < -0.3 is 14.8 Å². The van der Waals surface area contributed by atoms with Crippen LogP contribution >= 0.6 is 0 Å². The van der Waals surface area contributed by atoms with Crippen molar-refractivity contribution in [2.24, 2.45) is 5.92 Å². The van der Waals surface area contributed by atoms with Gasteiger partial charge in [-0.15, -0.1) is 0 Å². The van der Waals surface area contributed by atoms with Crippen molar-refractivity contribution < 1.29 is 22.7 Å². The molecule has 2 aliphatic rings. The topological polar surface area (TPSA) is 81.7 Å². The Morgan fingerprint density at radius 2 is 1.91 bits per heavy atom. The zero-order valence-electron chi connectivity index (χ0n) is 12.2. The first-order valence-electron chi connectivity index (χ1n) is 7.44. The molecular weight excluding hydrogens is 306 g/mol. The highest BCUT2D eigenvalue weighted by Gasteiger charge is 2.23. The molecule has 0 bridgehead atoms. The van der Waals surface area contributed by atoms with Gasteiger partial charge in [0.15, 0.2) is 21.3 Å². The molecule has 6 nitrogen and oxygen atoms in total. The van der Waals surface area contributed by atoms with Crippen LogP contribution in [0, 0.1) is 5.92 Å². The van der Waals surface area contributed by atoms with Crippen molar-refractivity contribution in [3.8, 4) is 11.5 Å². The highest BCUT2D eigenvalue weighted by Crippen LogP contribution is 2.32. The number of ether oxygens (including phenoxy) is 2. The number of carbonyl (C=O) groups is 1. The number of rotatable bonds is 6. The Hall–Kier alpha value is -1.76. The average Bonchev–Trinajstić information content (AvgIpc) is 3.35. The number of amides is 1. The average molecular weight is 325 g/mol. The van der Waals surface area contributed by atoms with Crippen LogP contribution in [0.3, 0.4) is 0 Å². The van der Waals surface area contributed by atoms with E-state index in [4.69, 9.17) is 9.47 Å². The van der Waals surface area contributed by atoms with E-state index in [1.807, 2.05) is 0 Å². The summed E-state index contributed by atoms with van der Waals surface area (Å²) in [6.45, 7) is 1.52. The van der Waals surface area contributed by atoms with E-state index in [2.05, 4.69) is 5.32 Å². The molecular formula is C15H19NO5S. The molecule has 0 radical (unpaired) electrons. The van der Waals surface area contributed by atoms with Crippen LogP contribution in [0.25, 0.3) is 0 Å². The number of hydrogen-bond donors (Lipinski definition) is 1. The van der Waals surface area contributed by atoms with E-state index in [9.17, 15) is 13.2 Å². The van der Waals surface area contributed by atoms with Crippen LogP contribution in [0.2, 0.25) is 0 Å². The molecule has 1 amide bonds. The summed E-state index contributed by atoms with van der Waals surface area (Å²) < 4.78 is 35.3. The molecule has 1 aliphatic carbocycles. The van der Waals surface area contributed by atoms with Crippen LogP contribution in [0.4, 0.5) is 0 Å². The van der Waals surface area contributed by atoms with Crippen molar-refractivity contribution in [1.82, 2.24) is 5.32 Å². The lowest BCUT2D eigenvalue weighted by molar-refractivity contribution is -0.120. The molecule has 7 heteroatoms. The summed E-state index contributed by atoms with van der Waals surface area (Å²) in [5.74, 6) is 1.15. The Bertz CT molecular complexity index is 667. The minimum Gasteiger partial charge on any atom is -0.486 e. The van der Waals surface area contributed by atoms with Gasteiger partial charge in [0, 0.05) is 19.0 Å². The second-order valence-corrected chi connectivity index (χ2v) is 7.73. The molecule has 1 fully saturated rings. The summed E-state index contributed by atoms with van der Waals surface area (Å²) in [4.78, 5) is 11.8. The fourth-order valence-corrected chi connectivity index (χ4v) is 3.48. The maximum Gasteiger partial charge on any atom is 0.221 e. The second-order valence-electron chi connectivity index (χ2n) is 5.62. The van der Waals surface area contributed by atoms with Gasteiger partial charge in [0.25, 0.3) is 0 Å². The first kappa shape index (κ1) is 15.1. The Labute approximate surface area is 129 Å². The molecule has 0 spiro atoms. The predicted octanol–water partition coefficient (Wildman–Crippen LogP) is 1.15. The first-order valence-corrected chi connectivity index (χ1v) is 9.09. The fraction of sp³-hybridized carbons (Fsp3) is 0.533. The van der Waals surface area contributed by atoms with Crippen molar-refractivity contribution >= 4 is 15.7 Å². The molecule has 22 heavy (non-hydrogen) atoms. The Morgan fingerprint density at radius 1 is 1.18 bits per heavy atom. The summed E-state index contributed by atoms with van der Waals surface area (Å²) in [6, 6.07) is 4.55. The quantitative estimate of drug-likeness (QED) is 0.848. The van der Waals surface area contributed by atoms with Gasteiger partial charge >= 0.3 is 0 Å². The van der Waals surface area contributed by atoms with Gasteiger partial charge in [-0.2, -0.15) is 0 Å². The largest absolute Gasteiger partial charge is 0.486 e. The molecule has 0 atom stereocenters. The molecule has 120 valence electrons. The highest BCUT2D eigenvalue weighted by atomic mass is 32.2. The third-order valence-electron chi connectivity index (χ3n) is 3.76. The van der Waals surface area contributed by atoms with Crippen molar-refractivity contribution in [1.29, 1.82) is 0 Å². The molecule has 1 aliphatic heterocycles. The zero-order chi connectivity index (χ0) is 15.6. The van der Waals surface area contributed by atoms with E-state index < -0.39 is 9.84 Å². The maximum absolute atomic E-state index is 12.3. The monoisotopic (exact) mass is 325 g/mol. The van der Waals surface area contributed by atoms with Crippen LogP contribution in [0.15, 0.2) is 23.1 Å². The van der Waals surface area contributed by atoms with E-state index in [0.29, 0.717) is 37.2 Å². The SMILES string of the molecule is O=C(CCS(=O)(=O)c1ccc2c(c1)OCCO2)NCC1CC1. The molecule has 0 aromatic heterocycles. The first-order chi connectivity index (χ1) is 10.5. The Kier molecular flexibility index (Phi) is 4.24. The molecule has 0 unspecified atom stereocenters. The van der Waals surface area contributed by atoms with Crippen molar-refractivity contribution in [3.05, 3.63) is 18.2 Å². The number of sulfone groups is 1. The molecule has 1 N–H and O–H groups in total. The van der Waals surface area contributed by atoms with Crippen molar-refractivity contribution in [3.63, 3.8) is 0 Å². The third-order valence-corrected chi connectivity index (χ3v) is 5.47. The summed E-state index contributed by atoms with van der Waals surface area (Å²) in [6.07, 6.45) is 2.27. The van der Waals surface area contributed by atoms with Gasteiger partial charge in [0.2, 0.25) is 5.91 Å². The minimum atomic E-state index is -3.51. The van der Waals surface area contributed by atoms with E-state index in [1.165, 1.54) is 12.1 Å². The number of fused-ring (bicyclic) bond motifs is 1. The fourth-order valence-electron chi connectivity index (χ4n) is 2.23. The maximum atomic E-state index is 12.3. The number of carbonyl (C=O) groups excluding carboxylic acids is 1. The summed E-state index contributed by atoms with van der Waals surface area (Å²) in [5, 5.41) is 2.77. The van der Waals surface area contributed by atoms with Gasteiger partial charge in [-0.3, -0.25) is 4.79 Å². The summed E-state index contributed by atoms with van der Waals surface area (Å²) in [5.41, 5.74) is 0. The van der Waals surface area contributed by atoms with Gasteiger partial charge in [0.05, 0.1) is 10.6 Å². The van der Waals surface area contributed by atoms with Gasteiger partial charge in [-0.1, -0.05) is 0 Å². The minimum absolute atomic E-state index is 0.0243. The predicted molar refractivity (Wildman–Crippen MR) is 79.8 cm³/mol. The van der Waals surface area contributed by atoms with E-state index >= 15 is 0 Å². The molecule has 3 rings (SSSR count). The van der Waals surface area contributed by atoms with Gasteiger partial charge in [0.1, 0.15) is 13.2 Å². The Balaban J connectivity index is 1.60.